The van der Waals surface area contributed by atoms with Gasteiger partial charge in [-0.2, -0.15) is 0 Å². The van der Waals surface area contributed by atoms with Gasteiger partial charge in [-0.15, -0.1) is 0 Å². The maximum Gasteiger partial charge on any atom is 0.335 e. The summed E-state index contributed by atoms with van der Waals surface area (Å²) in [7, 11) is 0. The molecule has 4 amide bonds. The van der Waals surface area contributed by atoms with E-state index in [0.717, 1.165) is 10.5 Å². The Kier molecular flexibility index (Phi) is 4.87. The van der Waals surface area contributed by atoms with Crippen LogP contribution in [0.2, 0.25) is 0 Å². The predicted octanol–water partition coefficient (Wildman–Crippen LogP) is 0.721. The summed E-state index contributed by atoms with van der Waals surface area (Å²) >= 11 is 0. The van der Waals surface area contributed by atoms with E-state index >= 15 is 0 Å². The van der Waals surface area contributed by atoms with Crippen LogP contribution in [0.5, 0.6) is 0 Å². The minimum Gasteiger partial charge on any atom is -0.478 e. The summed E-state index contributed by atoms with van der Waals surface area (Å²) in [5, 5.41) is 14.0. The summed E-state index contributed by atoms with van der Waals surface area (Å²) in [5.41, 5.74) is -0.0184. The lowest BCUT2D eigenvalue weighted by molar-refractivity contribution is -0.130. The maximum atomic E-state index is 12.0. The number of aromatic carboxylic acids is 1. The molecule has 0 unspecified atom stereocenters. The molecule has 0 aliphatic carbocycles. The third-order valence-electron chi connectivity index (χ3n) is 3.70. The molecule has 1 aliphatic rings. The highest BCUT2D eigenvalue weighted by atomic mass is 16.4. The number of imide groups is 1. The molecule has 3 N–H and O–H groups in total. The monoisotopic (exact) mass is 333 g/mol. The molecule has 1 aliphatic heterocycles. The Bertz CT molecular complexity index is 681. The molecule has 0 radical (unpaired) electrons. The van der Waals surface area contributed by atoms with Crippen molar-refractivity contribution in [1.29, 1.82) is 0 Å². The molecule has 0 spiro atoms. The zero-order valence-corrected chi connectivity index (χ0v) is 13.5. The average Bonchev–Trinajstić information content (AvgIpc) is 2.71. The minimum absolute atomic E-state index is 0.00243. The van der Waals surface area contributed by atoms with Gasteiger partial charge in [0.25, 0.3) is 5.91 Å². The highest BCUT2D eigenvalue weighted by Crippen LogP contribution is 2.16. The first-order valence-corrected chi connectivity index (χ1v) is 7.44. The number of carboxylic acids is 1. The smallest absolute Gasteiger partial charge is 0.335 e. The molecule has 1 aromatic rings. The fourth-order valence-electron chi connectivity index (χ4n) is 2.29. The van der Waals surface area contributed by atoms with Crippen molar-refractivity contribution in [3.63, 3.8) is 0 Å². The van der Waals surface area contributed by atoms with E-state index in [0.29, 0.717) is 0 Å². The minimum atomic E-state index is -1.01. The molecule has 0 atom stereocenters. The fraction of sp³-hybridized carbons (Fsp3) is 0.375. The van der Waals surface area contributed by atoms with Gasteiger partial charge in [0.15, 0.2) is 0 Å². The SMILES string of the molecule is CC1(C)NC(=O)N(CCC(=O)NCc2ccc(C(=O)O)cc2)C1=O. The second-order valence-corrected chi connectivity index (χ2v) is 6.04. The van der Waals surface area contributed by atoms with Crippen LogP contribution in [0.3, 0.4) is 0 Å². The summed E-state index contributed by atoms with van der Waals surface area (Å²) < 4.78 is 0. The standard InChI is InChI=1S/C16H19N3O5/c1-16(2)14(23)19(15(24)18-16)8-7-12(20)17-9-10-3-5-11(6-4-10)13(21)22/h3-6H,7-9H2,1-2H3,(H,17,20)(H,18,24)(H,21,22). The lowest BCUT2D eigenvalue weighted by Crippen LogP contribution is -2.40. The number of carboxylic acid groups (broad SMARTS) is 1. The van der Waals surface area contributed by atoms with Gasteiger partial charge in [0, 0.05) is 19.5 Å². The van der Waals surface area contributed by atoms with Crippen LogP contribution in [0.15, 0.2) is 24.3 Å². The van der Waals surface area contributed by atoms with Gasteiger partial charge in [-0.1, -0.05) is 12.1 Å². The molecule has 0 bridgehead atoms. The lowest BCUT2D eigenvalue weighted by atomic mass is 10.1. The first kappa shape index (κ1) is 17.5. The molecule has 0 aromatic heterocycles. The van der Waals surface area contributed by atoms with E-state index in [1.807, 2.05) is 0 Å². The van der Waals surface area contributed by atoms with Gasteiger partial charge < -0.3 is 15.7 Å². The van der Waals surface area contributed by atoms with Crippen LogP contribution >= 0.6 is 0 Å². The van der Waals surface area contributed by atoms with Gasteiger partial charge >= 0.3 is 12.0 Å². The van der Waals surface area contributed by atoms with Crippen molar-refractivity contribution in [2.75, 3.05) is 6.54 Å². The van der Waals surface area contributed by atoms with Gasteiger partial charge in [-0.05, 0) is 31.5 Å². The Hall–Kier alpha value is -2.90. The zero-order valence-electron chi connectivity index (χ0n) is 13.5. The van der Waals surface area contributed by atoms with Crippen molar-refractivity contribution >= 4 is 23.8 Å². The third-order valence-corrected chi connectivity index (χ3v) is 3.70. The number of hydrogen-bond donors (Lipinski definition) is 3. The second-order valence-electron chi connectivity index (χ2n) is 6.04. The number of urea groups is 1. The lowest BCUT2D eigenvalue weighted by Gasteiger charge is -2.15. The van der Waals surface area contributed by atoms with E-state index in [9.17, 15) is 19.2 Å². The number of rotatable bonds is 6. The van der Waals surface area contributed by atoms with Gasteiger partial charge in [-0.3, -0.25) is 14.5 Å². The molecule has 8 heteroatoms. The molecule has 128 valence electrons. The summed E-state index contributed by atoms with van der Waals surface area (Å²) in [6, 6.07) is 5.65. The Labute approximate surface area is 138 Å². The largest absolute Gasteiger partial charge is 0.478 e. The third kappa shape index (κ3) is 3.89. The summed E-state index contributed by atoms with van der Waals surface area (Å²) in [6.07, 6.45) is 0.00243. The highest BCUT2D eigenvalue weighted by Gasteiger charge is 2.43. The molecule has 8 nitrogen and oxygen atoms in total. The van der Waals surface area contributed by atoms with Gasteiger partial charge in [0.2, 0.25) is 5.91 Å². The van der Waals surface area contributed by atoms with Crippen LogP contribution in [0.1, 0.15) is 36.2 Å². The van der Waals surface area contributed by atoms with Crippen LogP contribution in [-0.4, -0.2) is 45.9 Å². The van der Waals surface area contributed by atoms with E-state index in [2.05, 4.69) is 10.6 Å². The van der Waals surface area contributed by atoms with Gasteiger partial charge in [0.05, 0.1) is 5.56 Å². The van der Waals surface area contributed by atoms with Crippen LogP contribution in [0.4, 0.5) is 4.79 Å². The normalized spacial score (nSPS) is 16.0. The quantitative estimate of drug-likeness (QED) is 0.664. The second kappa shape index (κ2) is 6.69. The molecule has 0 saturated carbocycles. The van der Waals surface area contributed by atoms with E-state index in [1.54, 1.807) is 26.0 Å². The molecule has 1 aromatic carbocycles. The summed E-state index contributed by atoms with van der Waals surface area (Å²) in [5.74, 6) is -1.67. The van der Waals surface area contributed by atoms with Gasteiger partial charge in [-0.25, -0.2) is 9.59 Å². The number of nitrogens with zero attached hydrogens (tertiary/aromatic N) is 1. The molecule has 1 fully saturated rings. The van der Waals surface area contributed by atoms with Crippen molar-refractivity contribution in [3.8, 4) is 0 Å². The van der Waals surface area contributed by atoms with Crippen molar-refractivity contribution in [3.05, 3.63) is 35.4 Å². The Morgan fingerprint density at radius 1 is 1.21 bits per heavy atom. The topological polar surface area (TPSA) is 116 Å². The maximum absolute atomic E-state index is 12.0. The van der Waals surface area contributed by atoms with E-state index in [4.69, 9.17) is 5.11 Å². The van der Waals surface area contributed by atoms with Crippen LogP contribution < -0.4 is 10.6 Å². The Balaban J connectivity index is 1.81. The number of amides is 4. The molecule has 24 heavy (non-hydrogen) atoms. The first-order chi connectivity index (χ1) is 11.2. The number of hydrogen-bond acceptors (Lipinski definition) is 4. The summed E-state index contributed by atoms with van der Waals surface area (Å²) in [4.78, 5) is 47.3. The Morgan fingerprint density at radius 3 is 2.33 bits per heavy atom. The number of carbonyl (C=O) groups excluding carboxylic acids is 3. The van der Waals surface area contributed by atoms with Crippen LogP contribution in [0, 0.1) is 0 Å². The first-order valence-electron chi connectivity index (χ1n) is 7.44. The van der Waals surface area contributed by atoms with E-state index < -0.39 is 17.5 Å². The molecular weight excluding hydrogens is 314 g/mol. The molecule has 1 saturated heterocycles. The van der Waals surface area contributed by atoms with Crippen LogP contribution in [-0.2, 0) is 16.1 Å². The predicted molar refractivity (Wildman–Crippen MR) is 84.2 cm³/mol. The highest BCUT2D eigenvalue weighted by molar-refractivity contribution is 6.06. The fourth-order valence-corrected chi connectivity index (χ4v) is 2.29. The Morgan fingerprint density at radius 2 is 1.83 bits per heavy atom. The van der Waals surface area contributed by atoms with Crippen LogP contribution in [0.25, 0.3) is 0 Å². The van der Waals surface area contributed by atoms with E-state index in [-0.39, 0.29) is 36.9 Å². The molecule has 2 rings (SSSR count). The van der Waals surface area contributed by atoms with Crippen molar-refractivity contribution in [1.82, 2.24) is 15.5 Å². The summed E-state index contributed by atoms with van der Waals surface area (Å²) in [6.45, 7) is 3.46. The molecule has 1 heterocycles. The average molecular weight is 333 g/mol. The molecular formula is C16H19N3O5. The number of benzene rings is 1. The number of carbonyl (C=O) groups is 4. The van der Waals surface area contributed by atoms with Gasteiger partial charge in [0.1, 0.15) is 5.54 Å². The van der Waals surface area contributed by atoms with Crippen molar-refractivity contribution in [2.24, 2.45) is 0 Å². The van der Waals surface area contributed by atoms with E-state index in [1.165, 1.54) is 12.1 Å². The van der Waals surface area contributed by atoms with Crippen molar-refractivity contribution in [2.45, 2.75) is 32.4 Å². The van der Waals surface area contributed by atoms with Crippen molar-refractivity contribution < 1.29 is 24.3 Å². The zero-order chi connectivity index (χ0) is 17.9. The number of nitrogens with one attached hydrogen (secondary N) is 2.